The van der Waals surface area contributed by atoms with Crippen molar-refractivity contribution >= 4 is 17.9 Å². The number of aromatic nitrogens is 4. The molecule has 2 aromatic heterocycles. The number of piperidine rings is 1. The van der Waals surface area contributed by atoms with E-state index in [0.29, 0.717) is 25.0 Å². The van der Waals surface area contributed by atoms with Gasteiger partial charge in [0.2, 0.25) is 5.95 Å². The van der Waals surface area contributed by atoms with Crippen molar-refractivity contribution in [3.05, 3.63) is 50.8 Å². The number of hydrogen-bond acceptors (Lipinski definition) is 8. The Bertz CT molecular complexity index is 1370. The average molecular weight is 625 g/mol. The van der Waals surface area contributed by atoms with Crippen LogP contribution in [0.25, 0.3) is 0 Å². The molecule has 0 radical (unpaired) electrons. The van der Waals surface area contributed by atoms with Crippen LogP contribution in [0.1, 0.15) is 37.7 Å². The van der Waals surface area contributed by atoms with Gasteiger partial charge in [0, 0.05) is 45.6 Å². The van der Waals surface area contributed by atoms with Gasteiger partial charge in [-0.05, 0) is 49.3 Å². The van der Waals surface area contributed by atoms with Gasteiger partial charge in [-0.3, -0.25) is 24.0 Å². The topological polar surface area (TPSA) is 151 Å². The normalized spacial score (nSPS) is 18.1. The van der Waals surface area contributed by atoms with E-state index in [1.165, 1.54) is 16.7 Å². The molecule has 0 atom stereocenters. The lowest BCUT2D eigenvalue weighted by atomic mass is 9.85. The van der Waals surface area contributed by atoms with Crippen LogP contribution < -0.4 is 16.0 Å². The summed E-state index contributed by atoms with van der Waals surface area (Å²) in [6, 6.07) is 4.12. The molecule has 0 unspecified atom stereocenters. The molecule has 2 fully saturated rings. The highest BCUT2D eigenvalue weighted by atomic mass is 19.4. The Hall–Kier alpha value is -3.96. The summed E-state index contributed by atoms with van der Waals surface area (Å²) in [7, 11) is 2.03. The quantitative estimate of drug-likeness (QED) is 0.383. The highest BCUT2D eigenvalue weighted by molar-refractivity contribution is 5.73. The van der Waals surface area contributed by atoms with Gasteiger partial charge < -0.3 is 15.1 Å². The Balaban J connectivity index is 0.000000303. The van der Waals surface area contributed by atoms with Gasteiger partial charge in [0.15, 0.2) is 0 Å². The number of rotatable bonds is 4. The minimum atomic E-state index is -5.08. The van der Waals surface area contributed by atoms with E-state index in [1.807, 2.05) is 19.4 Å². The molecule has 43 heavy (non-hydrogen) atoms. The molecule has 1 saturated carbocycles. The van der Waals surface area contributed by atoms with Crippen LogP contribution in [0.2, 0.25) is 0 Å². The number of likely N-dealkylation sites (tertiary alicyclic amines) is 1. The van der Waals surface area contributed by atoms with Crippen molar-refractivity contribution in [2.45, 2.75) is 69.6 Å². The Labute approximate surface area is 240 Å². The van der Waals surface area contributed by atoms with E-state index in [0.717, 1.165) is 45.3 Å². The summed E-state index contributed by atoms with van der Waals surface area (Å²) in [6.45, 7) is 3.97. The molecule has 1 saturated heterocycles. The third-order valence-electron chi connectivity index (χ3n) is 7.66. The number of carboxylic acids is 2. The maximum atomic E-state index is 12.8. The monoisotopic (exact) mass is 624 g/mol. The molecule has 12 nitrogen and oxygen atoms in total. The van der Waals surface area contributed by atoms with Gasteiger partial charge in [-0.25, -0.2) is 14.3 Å². The Morgan fingerprint density at radius 2 is 1.47 bits per heavy atom. The standard InChI is InChI=1S/C21H28N6O2.2C2HF3O2/c1-24-20-23-27(14-16-3-2-4-16)19(29)18(28)26(20)15-21(24)7-11-25(12-8-21)13-17-5-9-22-10-6-17;2*3-2(4,5)1(6)7/h5-6,9-10,16H,2-4,7-8,11-15H2,1H3;2*(H,6,7). The summed E-state index contributed by atoms with van der Waals surface area (Å²) < 4.78 is 66.5. The molecule has 5 rings (SSSR count). The predicted molar refractivity (Wildman–Crippen MR) is 137 cm³/mol. The van der Waals surface area contributed by atoms with Gasteiger partial charge >= 0.3 is 35.4 Å². The number of likely N-dealkylation sites (N-methyl/N-ethyl adjacent to an activating group) is 1. The first-order valence-electron chi connectivity index (χ1n) is 13.1. The Morgan fingerprint density at radius 1 is 0.953 bits per heavy atom. The van der Waals surface area contributed by atoms with Gasteiger partial charge in [0.25, 0.3) is 0 Å². The largest absolute Gasteiger partial charge is 0.490 e. The molecule has 0 aromatic carbocycles. The minimum absolute atomic E-state index is 0.129. The number of alkyl halides is 6. The molecule has 2 aromatic rings. The van der Waals surface area contributed by atoms with Gasteiger partial charge in [0.1, 0.15) is 0 Å². The highest BCUT2D eigenvalue weighted by Gasteiger charge is 2.46. The van der Waals surface area contributed by atoms with E-state index < -0.39 is 35.4 Å². The average Bonchev–Trinajstić information content (AvgIpc) is 3.17. The molecule has 0 bridgehead atoms. The summed E-state index contributed by atoms with van der Waals surface area (Å²) in [5.74, 6) is -4.38. The van der Waals surface area contributed by atoms with Crippen molar-refractivity contribution in [2.24, 2.45) is 5.92 Å². The smallest absolute Gasteiger partial charge is 0.475 e. The van der Waals surface area contributed by atoms with Crippen molar-refractivity contribution in [3.63, 3.8) is 0 Å². The molecular formula is C25H30F6N6O6. The lowest BCUT2D eigenvalue weighted by Crippen LogP contribution is -2.53. The van der Waals surface area contributed by atoms with Crippen molar-refractivity contribution in [3.8, 4) is 0 Å². The number of pyridine rings is 1. The van der Waals surface area contributed by atoms with E-state index in [4.69, 9.17) is 19.8 Å². The van der Waals surface area contributed by atoms with Gasteiger partial charge in [-0.2, -0.15) is 26.3 Å². The Morgan fingerprint density at radius 3 is 1.91 bits per heavy atom. The van der Waals surface area contributed by atoms with E-state index in [9.17, 15) is 35.9 Å². The number of fused-ring (bicyclic) bond motifs is 1. The number of carboxylic acid groups (broad SMARTS) is 2. The van der Waals surface area contributed by atoms with Crippen LogP contribution in [-0.4, -0.2) is 84.4 Å². The number of aliphatic carboxylic acids is 2. The molecule has 0 amide bonds. The van der Waals surface area contributed by atoms with E-state index in [-0.39, 0.29) is 5.54 Å². The predicted octanol–water partition coefficient (Wildman–Crippen LogP) is 2.35. The second kappa shape index (κ2) is 13.1. The molecule has 2 aliphatic heterocycles. The fourth-order valence-corrected chi connectivity index (χ4v) is 4.94. The SMILES string of the molecule is CN1c2nn(CC3CCC3)c(=O)c(=O)n2CC12CCN(Cc1ccncc1)CC2.O=C(O)C(F)(F)F.O=C(O)C(F)(F)F. The van der Waals surface area contributed by atoms with Crippen LogP contribution >= 0.6 is 0 Å². The third kappa shape index (κ3) is 8.32. The number of anilines is 1. The van der Waals surface area contributed by atoms with Gasteiger partial charge in [0.05, 0.1) is 12.1 Å². The van der Waals surface area contributed by atoms with Crippen LogP contribution in [0.4, 0.5) is 32.3 Å². The van der Waals surface area contributed by atoms with E-state index in [1.54, 1.807) is 4.57 Å². The van der Waals surface area contributed by atoms with Gasteiger partial charge in [-0.15, -0.1) is 5.10 Å². The van der Waals surface area contributed by atoms with Crippen LogP contribution in [0, 0.1) is 5.92 Å². The van der Waals surface area contributed by atoms with Crippen LogP contribution in [0.15, 0.2) is 34.1 Å². The maximum absolute atomic E-state index is 12.8. The number of halogens is 6. The molecule has 3 aliphatic rings. The Kier molecular flexibility index (Phi) is 10.2. The fourth-order valence-electron chi connectivity index (χ4n) is 4.94. The molecule has 238 valence electrons. The zero-order chi connectivity index (χ0) is 32.2. The first kappa shape index (κ1) is 33.5. The zero-order valence-corrected chi connectivity index (χ0v) is 22.9. The first-order valence-corrected chi connectivity index (χ1v) is 13.1. The maximum Gasteiger partial charge on any atom is 0.490 e. The molecular weight excluding hydrogens is 594 g/mol. The van der Waals surface area contributed by atoms with E-state index in [2.05, 4.69) is 32.0 Å². The highest BCUT2D eigenvalue weighted by Crippen LogP contribution is 2.37. The first-order chi connectivity index (χ1) is 19.9. The van der Waals surface area contributed by atoms with Gasteiger partial charge in [-0.1, -0.05) is 6.42 Å². The van der Waals surface area contributed by atoms with E-state index >= 15 is 0 Å². The summed E-state index contributed by atoms with van der Waals surface area (Å²) in [5.41, 5.74) is 0.249. The van der Waals surface area contributed by atoms with Crippen molar-refractivity contribution in [1.29, 1.82) is 0 Å². The lowest BCUT2D eigenvalue weighted by Gasteiger charge is -2.43. The van der Waals surface area contributed by atoms with Crippen molar-refractivity contribution in [1.82, 2.24) is 24.2 Å². The molecule has 2 N–H and O–H groups in total. The molecule has 18 heteroatoms. The summed E-state index contributed by atoms with van der Waals surface area (Å²) in [4.78, 5) is 51.9. The third-order valence-corrected chi connectivity index (χ3v) is 7.66. The second-order valence-corrected chi connectivity index (χ2v) is 10.5. The molecule has 1 aliphatic carbocycles. The van der Waals surface area contributed by atoms with Crippen LogP contribution in [0.5, 0.6) is 0 Å². The van der Waals surface area contributed by atoms with Crippen molar-refractivity contribution in [2.75, 3.05) is 25.0 Å². The van der Waals surface area contributed by atoms with Crippen LogP contribution in [-0.2, 0) is 29.2 Å². The minimum Gasteiger partial charge on any atom is -0.475 e. The number of nitrogens with zero attached hydrogens (tertiary/aromatic N) is 6. The zero-order valence-electron chi connectivity index (χ0n) is 22.9. The summed E-state index contributed by atoms with van der Waals surface area (Å²) in [5, 5.41) is 18.9. The van der Waals surface area contributed by atoms with Crippen molar-refractivity contribution < 1.29 is 46.1 Å². The molecule has 4 heterocycles. The summed E-state index contributed by atoms with van der Waals surface area (Å²) >= 11 is 0. The second-order valence-electron chi connectivity index (χ2n) is 10.5. The van der Waals surface area contributed by atoms with Crippen LogP contribution in [0.3, 0.4) is 0 Å². The summed E-state index contributed by atoms with van der Waals surface area (Å²) in [6.07, 6.45) is -1.14. The lowest BCUT2D eigenvalue weighted by molar-refractivity contribution is -0.193. The fraction of sp³-hybridized carbons (Fsp3) is 0.600. The molecule has 1 spiro atoms. The number of hydrogen-bond donors (Lipinski definition) is 2. The number of carbonyl (C=O) groups is 2.